The number of nitrogens with zero attached hydrogens (tertiary/aromatic N) is 4. The van der Waals surface area contributed by atoms with E-state index < -0.39 is 0 Å². The fourth-order valence-electron chi connectivity index (χ4n) is 3.59. The molecule has 6 nitrogen and oxygen atoms in total. The Bertz CT molecular complexity index is 1080. The average molecular weight is 424 g/mol. The average Bonchev–Trinajstić information content (AvgIpc) is 3.29. The van der Waals surface area contributed by atoms with Gasteiger partial charge in [0.2, 0.25) is 0 Å². The molecule has 0 saturated heterocycles. The summed E-state index contributed by atoms with van der Waals surface area (Å²) in [6, 6.07) is 8.03. The van der Waals surface area contributed by atoms with Crippen LogP contribution >= 0.6 is 11.6 Å². The normalized spacial score (nSPS) is 15.8. The fraction of sp³-hybridized carbons (Fsp3) is 0.348. The molecule has 2 N–H and O–H groups in total. The number of hydrogen-bond acceptors (Lipinski definition) is 5. The van der Waals surface area contributed by atoms with Gasteiger partial charge in [0.15, 0.2) is 17.5 Å². The van der Waals surface area contributed by atoms with E-state index in [1.165, 1.54) is 0 Å². The second kappa shape index (κ2) is 8.88. The minimum Gasteiger partial charge on any atom is -0.440 e. The van der Waals surface area contributed by atoms with Gasteiger partial charge in [0.1, 0.15) is 5.82 Å². The first kappa shape index (κ1) is 20.4. The van der Waals surface area contributed by atoms with Crippen LogP contribution in [-0.2, 0) is 6.42 Å². The second-order valence-corrected chi connectivity index (χ2v) is 8.08. The third kappa shape index (κ3) is 4.33. The van der Waals surface area contributed by atoms with E-state index in [-0.39, 0.29) is 5.92 Å². The summed E-state index contributed by atoms with van der Waals surface area (Å²) >= 11 is 6.10. The van der Waals surface area contributed by atoms with Crippen LogP contribution < -0.4 is 5.73 Å². The van der Waals surface area contributed by atoms with Crippen molar-refractivity contribution in [3.8, 4) is 11.3 Å². The Morgan fingerprint density at radius 3 is 2.90 bits per heavy atom. The van der Waals surface area contributed by atoms with Gasteiger partial charge < -0.3 is 14.7 Å². The van der Waals surface area contributed by atoms with Gasteiger partial charge >= 0.3 is 0 Å². The van der Waals surface area contributed by atoms with E-state index >= 15 is 0 Å². The van der Waals surface area contributed by atoms with Crippen molar-refractivity contribution in [2.45, 2.75) is 51.5 Å². The van der Waals surface area contributed by atoms with E-state index in [9.17, 15) is 0 Å². The lowest BCUT2D eigenvalue weighted by molar-refractivity contribution is 0.458. The summed E-state index contributed by atoms with van der Waals surface area (Å²) < 4.78 is 8.30. The lowest BCUT2D eigenvalue weighted by Gasteiger charge is -2.12. The molecular formula is C23H26ClN5O. The van der Waals surface area contributed by atoms with Crippen LogP contribution in [0.3, 0.4) is 0 Å². The minimum atomic E-state index is 0.0659. The van der Waals surface area contributed by atoms with Crippen LogP contribution in [0.1, 0.15) is 62.6 Å². The first-order valence-corrected chi connectivity index (χ1v) is 10.7. The first-order valence-electron chi connectivity index (χ1n) is 10.3. The fourth-order valence-corrected chi connectivity index (χ4v) is 3.78. The van der Waals surface area contributed by atoms with E-state index in [4.69, 9.17) is 21.8 Å². The predicted molar refractivity (Wildman–Crippen MR) is 119 cm³/mol. The van der Waals surface area contributed by atoms with Crippen molar-refractivity contribution in [1.82, 2.24) is 19.7 Å². The molecular weight excluding hydrogens is 398 g/mol. The van der Waals surface area contributed by atoms with Gasteiger partial charge in [-0.2, -0.15) is 0 Å². The molecule has 7 heteroatoms. The van der Waals surface area contributed by atoms with Crippen LogP contribution in [0.25, 0.3) is 16.9 Å². The van der Waals surface area contributed by atoms with Crippen LogP contribution in [0.15, 0.2) is 53.2 Å². The van der Waals surface area contributed by atoms with Crippen LogP contribution in [0.2, 0.25) is 5.02 Å². The number of allylic oxidation sites excluding steroid dienone is 3. The zero-order chi connectivity index (χ0) is 21.1. The summed E-state index contributed by atoms with van der Waals surface area (Å²) in [6.45, 7) is 4.20. The number of nitrogens with two attached hydrogens (primary N) is 1. The molecule has 2 heterocycles. The molecule has 0 radical (unpaired) electrons. The summed E-state index contributed by atoms with van der Waals surface area (Å²) in [5, 5.41) is 9.68. The van der Waals surface area contributed by atoms with Crippen LogP contribution in [-0.4, -0.2) is 19.7 Å². The SMILES string of the molecule is CC/C=C(\C=C/N)c1nnc(C[C@H](C)c2ncc(-c3cccc(Cl)c3)o2)n1C1CC1. The monoisotopic (exact) mass is 423 g/mol. The molecule has 1 aliphatic carbocycles. The Hall–Kier alpha value is -2.86. The highest BCUT2D eigenvalue weighted by atomic mass is 35.5. The third-order valence-electron chi connectivity index (χ3n) is 5.18. The molecule has 0 bridgehead atoms. The highest BCUT2D eigenvalue weighted by Crippen LogP contribution is 2.39. The Kier molecular flexibility index (Phi) is 6.04. The van der Waals surface area contributed by atoms with E-state index in [1.54, 1.807) is 12.4 Å². The van der Waals surface area contributed by atoms with E-state index in [1.807, 2.05) is 30.3 Å². The Balaban J connectivity index is 1.58. The van der Waals surface area contributed by atoms with Crippen molar-refractivity contribution >= 4 is 17.2 Å². The smallest absolute Gasteiger partial charge is 0.198 e. The summed E-state index contributed by atoms with van der Waals surface area (Å²) in [6.07, 6.45) is 11.2. The van der Waals surface area contributed by atoms with E-state index in [0.717, 1.165) is 42.0 Å². The molecule has 156 valence electrons. The second-order valence-electron chi connectivity index (χ2n) is 7.65. The third-order valence-corrected chi connectivity index (χ3v) is 5.41. The number of hydrogen-bond donors (Lipinski definition) is 1. The molecule has 30 heavy (non-hydrogen) atoms. The molecule has 0 aliphatic heterocycles. The van der Waals surface area contributed by atoms with Crippen molar-refractivity contribution in [1.29, 1.82) is 0 Å². The quantitative estimate of drug-likeness (QED) is 0.481. The number of oxazole rings is 1. The highest BCUT2D eigenvalue weighted by Gasteiger charge is 2.31. The van der Waals surface area contributed by atoms with Crippen molar-refractivity contribution in [3.63, 3.8) is 0 Å². The summed E-state index contributed by atoms with van der Waals surface area (Å²) in [4.78, 5) is 4.50. The summed E-state index contributed by atoms with van der Waals surface area (Å²) in [5.41, 5.74) is 7.58. The van der Waals surface area contributed by atoms with Gasteiger partial charge in [0, 0.05) is 34.5 Å². The zero-order valence-electron chi connectivity index (χ0n) is 17.3. The maximum atomic E-state index is 6.10. The molecule has 0 unspecified atom stereocenters. The van der Waals surface area contributed by atoms with Gasteiger partial charge in [0.25, 0.3) is 0 Å². The number of rotatable bonds is 8. The van der Waals surface area contributed by atoms with Gasteiger partial charge in [-0.25, -0.2) is 4.98 Å². The van der Waals surface area contributed by atoms with Gasteiger partial charge in [-0.3, -0.25) is 0 Å². The Morgan fingerprint density at radius 2 is 2.20 bits per heavy atom. The molecule has 0 amide bonds. The van der Waals surface area contributed by atoms with Gasteiger partial charge in [-0.1, -0.05) is 43.7 Å². The molecule has 0 spiro atoms. The topological polar surface area (TPSA) is 82.8 Å². The number of benzene rings is 1. The van der Waals surface area contributed by atoms with Gasteiger partial charge in [0.05, 0.1) is 6.20 Å². The van der Waals surface area contributed by atoms with Crippen molar-refractivity contribution in [2.75, 3.05) is 0 Å². The maximum Gasteiger partial charge on any atom is 0.198 e. The van der Waals surface area contributed by atoms with Crippen LogP contribution in [0.4, 0.5) is 0 Å². The van der Waals surface area contributed by atoms with Gasteiger partial charge in [-0.15, -0.1) is 10.2 Å². The summed E-state index contributed by atoms with van der Waals surface area (Å²) in [7, 11) is 0. The molecule has 1 aromatic carbocycles. The van der Waals surface area contributed by atoms with Crippen molar-refractivity contribution in [2.24, 2.45) is 5.73 Å². The molecule has 1 saturated carbocycles. The van der Waals surface area contributed by atoms with Crippen LogP contribution in [0, 0.1) is 0 Å². The van der Waals surface area contributed by atoms with Crippen LogP contribution in [0.5, 0.6) is 0 Å². The maximum absolute atomic E-state index is 6.10. The molecule has 2 aromatic heterocycles. The molecule has 1 aliphatic rings. The standard InChI is InChI=1S/C23H26ClN5O/c1-3-5-16(10-11-25)22-28-27-21(29(22)19-8-9-19)12-15(2)23-26-14-20(30-23)17-6-4-7-18(24)13-17/h4-7,10-11,13-15,19H,3,8-9,12,25H2,1-2H3/b11-10-,16-5+/t15-/m0/s1. The minimum absolute atomic E-state index is 0.0659. The number of aromatic nitrogens is 4. The lowest BCUT2D eigenvalue weighted by atomic mass is 10.1. The molecule has 3 aromatic rings. The highest BCUT2D eigenvalue weighted by molar-refractivity contribution is 6.30. The Labute approximate surface area is 181 Å². The molecule has 1 atom stereocenters. The van der Waals surface area contributed by atoms with Crippen molar-refractivity contribution < 1.29 is 4.42 Å². The first-order chi connectivity index (χ1) is 14.6. The molecule has 1 fully saturated rings. The van der Waals surface area contributed by atoms with E-state index in [2.05, 4.69) is 39.7 Å². The largest absolute Gasteiger partial charge is 0.440 e. The number of halogens is 1. The van der Waals surface area contributed by atoms with E-state index in [0.29, 0.717) is 29.1 Å². The van der Waals surface area contributed by atoms with Gasteiger partial charge in [-0.05, 0) is 43.7 Å². The zero-order valence-corrected chi connectivity index (χ0v) is 18.0. The van der Waals surface area contributed by atoms with Crippen molar-refractivity contribution in [3.05, 3.63) is 71.4 Å². The summed E-state index contributed by atoms with van der Waals surface area (Å²) in [5.74, 6) is 3.30. The predicted octanol–water partition coefficient (Wildman–Crippen LogP) is 5.53. The lowest BCUT2D eigenvalue weighted by Crippen LogP contribution is -2.09. The Morgan fingerprint density at radius 1 is 1.37 bits per heavy atom. The molecule has 4 rings (SSSR count).